The van der Waals surface area contributed by atoms with Crippen molar-refractivity contribution >= 4 is 0 Å². The van der Waals surface area contributed by atoms with Crippen molar-refractivity contribution in [2.24, 2.45) is 23.5 Å². The van der Waals surface area contributed by atoms with E-state index in [2.05, 4.69) is 27.7 Å². The van der Waals surface area contributed by atoms with Gasteiger partial charge in [0.1, 0.15) is 0 Å². The van der Waals surface area contributed by atoms with E-state index in [1.165, 1.54) is 44.9 Å². The maximum atomic E-state index is 5.55. The van der Waals surface area contributed by atoms with Gasteiger partial charge in [0, 0.05) is 0 Å². The third-order valence-electron chi connectivity index (χ3n) is 3.53. The Morgan fingerprint density at radius 2 is 1.12 bits per heavy atom. The minimum atomic E-state index is 0.827. The number of hydrogen-bond acceptors (Lipinski definition) is 1. The van der Waals surface area contributed by atoms with E-state index in [0.29, 0.717) is 0 Å². The molecule has 0 aromatic carbocycles. The van der Waals surface area contributed by atoms with Crippen LogP contribution in [0.15, 0.2) is 0 Å². The van der Waals surface area contributed by atoms with Crippen molar-refractivity contribution in [1.29, 1.82) is 0 Å². The summed E-state index contributed by atoms with van der Waals surface area (Å²) in [6.45, 7) is 10.2. The molecule has 0 saturated carbocycles. The SMILES string of the molecule is CC(C)CCCC(C)CCCC(C)CCN. The first kappa shape index (κ1) is 16.0. The van der Waals surface area contributed by atoms with Gasteiger partial charge < -0.3 is 5.73 Å². The van der Waals surface area contributed by atoms with Crippen LogP contribution in [0.4, 0.5) is 0 Å². The molecule has 0 spiro atoms. The Hall–Kier alpha value is -0.0400. The van der Waals surface area contributed by atoms with Crippen LogP contribution < -0.4 is 5.73 Å². The molecule has 0 aliphatic carbocycles. The van der Waals surface area contributed by atoms with Crippen molar-refractivity contribution in [2.75, 3.05) is 6.54 Å². The molecular weight excluding hydrogens is 194 g/mol. The fourth-order valence-electron chi connectivity index (χ4n) is 2.26. The van der Waals surface area contributed by atoms with Gasteiger partial charge in [-0.25, -0.2) is 0 Å². The molecular formula is C15H33N. The Kier molecular flexibility index (Phi) is 10.1. The third-order valence-corrected chi connectivity index (χ3v) is 3.53. The molecule has 0 heterocycles. The summed E-state index contributed by atoms with van der Waals surface area (Å²) in [6.07, 6.45) is 9.60. The van der Waals surface area contributed by atoms with E-state index in [-0.39, 0.29) is 0 Å². The molecule has 2 atom stereocenters. The van der Waals surface area contributed by atoms with Crippen molar-refractivity contribution in [3.8, 4) is 0 Å². The van der Waals surface area contributed by atoms with Gasteiger partial charge in [0.05, 0.1) is 0 Å². The lowest BCUT2D eigenvalue weighted by molar-refractivity contribution is 0.394. The van der Waals surface area contributed by atoms with Crippen LogP contribution in [-0.2, 0) is 0 Å². The van der Waals surface area contributed by atoms with E-state index in [4.69, 9.17) is 5.73 Å². The average molecular weight is 227 g/mol. The van der Waals surface area contributed by atoms with Crippen LogP contribution in [0.2, 0.25) is 0 Å². The Balaban J connectivity index is 3.32. The van der Waals surface area contributed by atoms with Gasteiger partial charge in [0.15, 0.2) is 0 Å². The second-order valence-corrected chi connectivity index (χ2v) is 6.04. The van der Waals surface area contributed by atoms with Gasteiger partial charge in [-0.1, -0.05) is 66.2 Å². The summed E-state index contributed by atoms with van der Waals surface area (Å²) >= 11 is 0. The van der Waals surface area contributed by atoms with Crippen LogP contribution in [0.25, 0.3) is 0 Å². The van der Waals surface area contributed by atoms with Crippen molar-refractivity contribution in [3.05, 3.63) is 0 Å². The average Bonchev–Trinajstić information content (AvgIpc) is 2.17. The van der Waals surface area contributed by atoms with Crippen LogP contribution in [0, 0.1) is 17.8 Å². The van der Waals surface area contributed by atoms with E-state index in [9.17, 15) is 0 Å². The molecule has 0 saturated heterocycles. The highest BCUT2D eigenvalue weighted by Crippen LogP contribution is 2.19. The summed E-state index contributed by atoms with van der Waals surface area (Å²) in [6, 6.07) is 0. The van der Waals surface area contributed by atoms with Gasteiger partial charge >= 0.3 is 0 Å². The molecule has 0 aromatic rings. The molecule has 16 heavy (non-hydrogen) atoms. The lowest BCUT2D eigenvalue weighted by Crippen LogP contribution is -2.06. The summed E-state index contributed by atoms with van der Waals surface area (Å²) in [5, 5.41) is 0. The molecule has 0 aliphatic heterocycles. The van der Waals surface area contributed by atoms with Crippen molar-refractivity contribution < 1.29 is 0 Å². The van der Waals surface area contributed by atoms with E-state index in [1.807, 2.05) is 0 Å². The highest BCUT2D eigenvalue weighted by atomic mass is 14.5. The van der Waals surface area contributed by atoms with Crippen molar-refractivity contribution in [2.45, 2.75) is 72.6 Å². The summed E-state index contributed by atoms with van der Waals surface area (Å²) in [5.74, 6) is 2.62. The molecule has 1 heteroatoms. The first-order valence-electron chi connectivity index (χ1n) is 7.26. The number of nitrogens with two attached hydrogens (primary N) is 1. The minimum Gasteiger partial charge on any atom is -0.330 e. The molecule has 0 aliphatic rings. The molecule has 0 fully saturated rings. The summed E-state index contributed by atoms with van der Waals surface area (Å²) in [5.41, 5.74) is 5.55. The zero-order valence-corrected chi connectivity index (χ0v) is 12.0. The zero-order valence-electron chi connectivity index (χ0n) is 12.0. The molecule has 98 valence electrons. The summed E-state index contributed by atoms with van der Waals surface area (Å²) in [7, 11) is 0. The Morgan fingerprint density at radius 3 is 1.56 bits per heavy atom. The largest absolute Gasteiger partial charge is 0.330 e. The van der Waals surface area contributed by atoms with Gasteiger partial charge in [-0.2, -0.15) is 0 Å². The quantitative estimate of drug-likeness (QED) is 0.580. The fourth-order valence-corrected chi connectivity index (χ4v) is 2.26. The molecule has 2 unspecified atom stereocenters. The monoisotopic (exact) mass is 227 g/mol. The molecule has 0 bridgehead atoms. The lowest BCUT2D eigenvalue weighted by atomic mass is 9.93. The Bertz CT molecular complexity index is 142. The smallest absolute Gasteiger partial charge is 0.00747 e. The van der Waals surface area contributed by atoms with Gasteiger partial charge in [0.2, 0.25) is 0 Å². The van der Waals surface area contributed by atoms with Gasteiger partial charge in [0.25, 0.3) is 0 Å². The highest BCUT2D eigenvalue weighted by molar-refractivity contribution is 4.59. The summed E-state index contributed by atoms with van der Waals surface area (Å²) in [4.78, 5) is 0. The standard InChI is InChI=1S/C15H33N/c1-13(2)7-5-8-14(3)9-6-10-15(4)11-12-16/h13-15H,5-12,16H2,1-4H3. The third kappa shape index (κ3) is 10.5. The summed E-state index contributed by atoms with van der Waals surface area (Å²) < 4.78 is 0. The fraction of sp³-hybridized carbons (Fsp3) is 1.00. The first-order valence-corrected chi connectivity index (χ1v) is 7.26. The maximum Gasteiger partial charge on any atom is -0.00747 e. The Labute approximate surface area is 103 Å². The van der Waals surface area contributed by atoms with E-state index in [1.54, 1.807) is 0 Å². The molecule has 0 radical (unpaired) electrons. The van der Waals surface area contributed by atoms with Gasteiger partial charge in [-0.3, -0.25) is 0 Å². The maximum absolute atomic E-state index is 5.55. The highest BCUT2D eigenvalue weighted by Gasteiger charge is 2.05. The van der Waals surface area contributed by atoms with Crippen molar-refractivity contribution in [3.63, 3.8) is 0 Å². The lowest BCUT2D eigenvalue weighted by Gasteiger charge is -2.14. The minimum absolute atomic E-state index is 0.827. The van der Waals surface area contributed by atoms with Crippen molar-refractivity contribution in [1.82, 2.24) is 0 Å². The number of rotatable bonds is 10. The number of hydrogen-bond donors (Lipinski definition) is 1. The molecule has 0 amide bonds. The molecule has 1 nitrogen and oxygen atoms in total. The van der Waals surface area contributed by atoms with Crippen LogP contribution in [0.1, 0.15) is 72.6 Å². The second kappa shape index (κ2) is 10.1. The van der Waals surface area contributed by atoms with Crippen LogP contribution in [0.3, 0.4) is 0 Å². The van der Waals surface area contributed by atoms with Crippen LogP contribution in [-0.4, -0.2) is 6.54 Å². The first-order chi connectivity index (χ1) is 7.56. The molecule has 2 N–H and O–H groups in total. The molecule has 0 rings (SSSR count). The molecule has 0 aromatic heterocycles. The predicted molar refractivity (Wildman–Crippen MR) is 74.5 cm³/mol. The van der Waals surface area contributed by atoms with Gasteiger partial charge in [-0.05, 0) is 30.7 Å². The van der Waals surface area contributed by atoms with Crippen LogP contribution >= 0.6 is 0 Å². The van der Waals surface area contributed by atoms with E-state index in [0.717, 1.165) is 24.3 Å². The van der Waals surface area contributed by atoms with Gasteiger partial charge in [-0.15, -0.1) is 0 Å². The van der Waals surface area contributed by atoms with Crippen LogP contribution in [0.5, 0.6) is 0 Å². The van der Waals surface area contributed by atoms with E-state index >= 15 is 0 Å². The Morgan fingerprint density at radius 1 is 0.688 bits per heavy atom. The second-order valence-electron chi connectivity index (χ2n) is 6.04. The predicted octanol–water partition coefficient (Wildman–Crippen LogP) is 4.60. The topological polar surface area (TPSA) is 26.0 Å². The zero-order chi connectivity index (χ0) is 12.4. The van der Waals surface area contributed by atoms with E-state index < -0.39 is 0 Å². The normalized spacial score (nSPS) is 15.4.